The van der Waals surface area contributed by atoms with Crippen LogP contribution in [0.4, 0.5) is 14.5 Å². The number of alkyl halides is 1. The monoisotopic (exact) mass is 614 g/mol. The highest BCUT2D eigenvalue weighted by atomic mass is 19.1. The Morgan fingerprint density at radius 1 is 1.13 bits per heavy atom. The average Bonchev–Trinajstić information content (AvgIpc) is 3.67. The largest absolute Gasteiger partial charge is 0.489 e. The number of anilines is 1. The summed E-state index contributed by atoms with van der Waals surface area (Å²) in [6, 6.07) is 12.1. The number of Topliss-reactive ketones (excluding diaryl/α,β-unsaturated/α-hetero) is 1. The molecule has 2 aromatic carbocycles. The van der Waals surface area contributed by atoms with Crippen LogP contribution in [-0.2, 0) is 20.6 Å². The van der Waals surface area contributed by atoms with E-state index in [4.69, 9.17) is 10.5 Å². The predicted molar refractivity (Wildman–Crippen MR) is 163 cm³/mol. The van der Waals surface area contributed by atoms with Crippen LogP contribution in [0.3, 0.4) is 0 Å². The molecule has 4 aromatic rings. The summed E-state index contributed by atoms with van der Waals surface area (Å²) in [5.74, 6) is -1.86. The average molecular weight is 615 g/mol. The summed E-state index contributed by atoms with van der Waals surface area (Å²) in [7, 11) is 0. The van der Waals surface area contributed by atoms with Gasteiger partial charge in [-0.15, -0.1) is 0 Å². The molecule has 0 saturated heterocycles. The highest BCUT2D eigenvalue weighted by Crippen LogP contribution is 2.46. The molecule has 0 bridgehead atoms. The van der Waals surface area contributed by atoms with E-state index in [2.05, 4.69) is 15.3 Å². The van der Waals surface area contributed by atoms with E-state index in [-0.39, 0.29) is 55.0 Å². The van der Waals surface area contributed by atoms with Crippen molar-refractivity contribution < 1.29 is 33.0 Å². The fourth-order valence-electron chi connectivity index (χ4n) is 5.48. The van der Waals surface area contributed by atoms with E-state index in [1.807, 2.05) is 13.0 Å². The maximum absolute atomic E-state index is 14.5. The van der Waals surface area contributed by atoms with Gasteiger partial charge in [-0.1, -0.05) is 0 Å². The van der Waals surface area contributed by atoms with Gasteiger partial charge >= 0.3 is 0 Å². The molecular weight excluding hydrogens is 582 g/mol. The van der Waals surface area contributed by atoms with Crippen molar-refractivity contribution in [1.82, 2.24) is 9.97 Å². The lowest BCUT2D eigenvalue weighted by Crippen LogP contribution is -2.40. The molecule has 1 fully saturated rings. The topological polar surface area (TPSA) is 144 Å². The van der Waals surface area contributed by atoms with Crippen LogP contribution < -0.4 is 15.8 Å². The van der Waals surface area contributed by atoms with Crippen LogP contribution in [0.15, 0.2) is 54.7 Å². The molecule has 2 aliphatic rings. The summed E-state index contributed by atoms with van der Waals surface area (Å²) < 4.78 is 34.0. The minimum absolute atomic E-state index is 0.0314. The highest BCUT2D eigenvalue weighted by molar-refractivity contribution is 6.08. The molecule has 2 atom stereocenters. The Morgan fingerprint density at radius 3 is 2.51 bits per heavy atom. The number of amides is 2. The molecule has 0 radical (unpaired) electrons. The van der Waals surface area contributed by atoms with Crippen molar-refractivity contribution in [2.75, 3.05) is 11.9 Å². The molecule has 2 aromatic heterocycles. The number of aromatic nitrogens is 2. The van der Waals surface area contributed by atoms with Gasteiger partial charge in [0, 0.05) is 34.7 Å². The molecule has 1 saturated carbocycles. The smallest absolute Gasteiger partial charge is 0.262 e. The maximum Gasteiger partial charge on any atom is 0.262 e. The molecule has 1 aliphatic heterocycles. The molecular formula is C34H32F2N4O5. The minimum Gasteiger partial charge on any atom is -0.489 e. The summed E-state index contributed by atoms with van der Waals surface area (Å²) in [5.41, 5.74) is 4.15. The van der Waals surface area contributed by atoms with Crippen LogP contribution in [0, 0.1) is 12.7 Å². The van der Waals surface area contributed by atoms with Gasteiger partial charge in [0.15, 0.2) is 11.5 Å². The van der Waals surface area contributed by atoms with Crippen molar-refractivity contribution in [3.8, 4) is 17.0 Å². The Morgan fingerprint density at radius 2 is 1.84 bits per heavy atom. The quantitative estimate of drug-likeness (QED) is 0.220. The molecule has 2 amide bonds. The van der Waals surface area contributed by atoms with E-state index in [0.717, 1.165) is 5.56 Å². The number of nitrogens with one attached hydrogen (secondary N) is 1. The van der Waals surface area contributed by atoms with Crippen molar-refractivity contribution >= 4 is 34.2 Å². The minimum atomic E-state index is -1.92. The van der Waals surface area contributed by atoms with Crippen LogP contribution in [0.1, 0.15) is 66.7 Å². The lowest BCUT2D eigenvalue weighted by atomic mass is 9.81. The van der Waals surface area contributed by atoms with Crippen LogP contribution in [0.5, 0.6) is 5.75 Å². The number of halogens is 2. The van der Waals surface area contributed by atoms with E-state index in [1.54, 1.807) is 25.3 Å². The first-order chi connectivity index (χ1) is 21.2. The van der Waals surface area contributed by atoms with Crippen molar-refractivity contribution in [3.63, 3.8) is 0 Å². The second kappa shape index (κ2) is 10.7. The highest BCUT2D eigenvalue weighted by Gasteiger charge is 2.51. The van der Waals surface area contributed by atoms with Gasteiger partial charge in [-0.05, 0) is 94.1 Å². The predicted octanol–water partition coefficient (Wildman–Crippen LogP) is 5.19. The standard InChI is InChI=1S/C34H32F2N4O5/c1-18-12-21-13-20(14-24(27(21)38-16-18)39-31(43)34(36)10-11-34)25(41)8-9-33(3,44)26-15-23-29(45-17-32(23,2)30(37)42)28(40-26)19-4-6-22(35)7-5-19/h4-7,12-16,44H,8-11,17H2,1-3H3,(H2,37,42)(H,39,43)/t32-,33-/m0/s1. The molecule has 3 heterocycles. The summed E-state index contributed by atoms with van der Waals surface area (Å²) in [6.45, 7) is 4.96. The molecule has 0 spiro atoms. The van der Waals surface area contributed by atoms with Crippen molar-refractivity contribution in [3.05, 3.63) is 82.9 Å². The lowest BCUT2D eigenvalue weighted by Gasteiger charge is -2.26. The van der Waals surface area contributed by atoms with Gasteiger partial charge < -0.3 is 20.9 Å². The van der Waals surface area contributed by atoms with Crippen LogP contribution in [-0.4, -0.2) is 44.9 Å². The van der Waals surface area contributed by atoms with Crippen LogP contribution in [0.25, 0.3) is 22.2 Å². The zero-order valence-corrected chi connectivity index (χ0v) is 25.0. The number of hydrogen-bond donors (Lipinski definition) is 3. The van der Waals surface area contributed by atoms with Gasteiger partial charge in [0.2, 0.25) is 5.91 Å². The number of pyridine rings is 2. The number of aliphatic hydroxyl groups is 1. The first-order valence-corrected chi connectivity index (χ1v) is 14.6. The third-order valence-electron chi connectivity index (χ3n) is 8.71. The number of benzene rings is 2. The third kappa shape index (κ3) is 5.52. The fraction of sp³-hybridized carbons (Fsp3) is 0.324. The van der Waals surface area contributed by atoms with Gasteiger partial charge in [-0.3, -0.25) is 19.4 Å². The Kier molecular flexibility index (Phi) is 7.19. The molecule has 232 valence electrons. The number of ether oxygens (including phenoxy) is 1. The van der Waals surface area contributed by atoms with E-state index in [1.165, 1.54) is 37.3 Å². The maximum atomic E-state index is 14.5. The van der Waals surface area contributed by atoms with E-state index < -0.39 is 34.3 Å². The molecule has 4 N–H and O–H groups in total. The number of fused-ring (bicyclic) bond motifs is 2. The number of carbonyl (C=O) groups is 3. The van der Waals surface area contributed by atoms with E-state index in [9.17, 15) is 28.3 Å². The van der Waals surface area contributed by atoms with Gasteiger partial charge in [-0.25, -0.2) is 13.8 Å². The number of primary amides is 1. The SMILES string of the molecule is Cc1cnc2c(NC(=O)C3(F)CC3)cc(C(=O)CC[C@](C)(O)c3cc4c(c(-c5ccc(F)cc5)n3)OC[C@]4(C)C(N)=O)cc2c1. The number of ketones is 1. The second-order valence-corrected chi connectivity index (χ2v) is 12.4. The summed E-state index contributed by atoms with van der Waals surface area (Å²) >= 11 is 0. The van der Waals surface area contributed by atoms with Crippen molar-refractivity contribution in [2.24, 2.45) is 5.73 Å². The van der Waals surface area contributed by atoms with Crippen molar-refractivity contribution in [2.45, 2.75) is 63.1 Å². The number of nitrogens with two attached hydrogens (primary N) is 1. The summed E-state index contributed by atoms with van der Waals surface area (Å²) in [4.78, 5) is 47.6. The Hall–Kier alpha value is -4.77. The first-order valence-electron chi connectivity index (χ1n) is 14.6. The third-order valence-corrected chi connectivity index (χ3v) is 8.71. The number of nitrogens with zero attached hydrogens (tertiary/aromatic N) is 2. The second-order valence-electron chi connectivity index (χ2n) is 12.4. The van der Waals surface area contributed by atoms with Crippen LogP contribution in [0.2, 0.25) is 0 Å². The molecule has 1 aliphatic carbocycles. The Balaban J connectivity index is 1.32. The molecule has 45 heavy (non-hydrogen) atoms. The zero-order chi connectivity index (χ0) is 32.3. The lowest BCUT2D eigenvalue weighted by molar-refractivity contribution is -0.123. The van der Waals surface area contributed by atoms with Gasteiger partial charge in [0.05, 0.1) is 16.9 Å². The number of carbonyl (C=O) groups excluding carboxylic acids is 3. The van der Waals surface area contributed by atoms with Gasteiger partial charge in [-0.2, -0.15) is 0 Å². The fourth-order valence-corrected chi connectivity index (χ4v) is 5.48. The molecule has 9 nitrogen and oxygen atoms in total. The van der Waals surface area contributed by atoms with Crippen molar-refractivity contribution in [1.29, 1.82) is 0 Å². The van der Waals surface area contributed by atoms with Crippen LogP contribution >= 0.6 is 0 Å². The normalized spacial score (nSPS) is 19.3. The Labute approximate surface area is 257 Å². The van der Waals surface area contributed by atoms with Gasteiger partial charge in [0.25, 0.3) is 5.91 Å². The Bertz CT molecular complexity index is 1890. The van der Waals surface area contributed by atoms with E-state index in [0.29, 0.717) is 33.5 Å². The van der Waals surface area contributed by atoms with E-state index >= 15 is 0 Å². The number of rotatable bonds is 9. The molecule has 6 rings (SSSR count). The summed E-state index contributed by atoms with van der Waals surface area (Å²) in [6.07, 6.45) is 1.72. The number of aryl methyl sites for hydroxylation is 1. The molecule has 11 heteroatoms. The summed E-state index contributed by atoms with van der Waals surface area (Å²) in [5, 5.41) is 14.9. The zero-order valence-electron chi connectivity index (χ0n) is 25.0. The first kappa shape index (κ1) is 30.3. The number of hydrogen-bond acceptors (Lipinski definition) is 7. The van der Waals surface area contributed by atoms with Gasteiger partial charge in [0.1, 0.15) is 34.9 Å². The molecule has 0 unspecified atom stereocenters.